The molecule has 0 saturated carbocycles. The van der Waals surface area contributed by atoms with Gasteiger partial charge in [0.25, 0.3) is 15.9 Å². The van der Waals surface area contributed by atoms with Crippen LogP contribution in [0.4, 0.5) is 11.4 Å². The van der Waals surface area contributed by atoms with E-state index in [0.717, 1.165) is 5.56 Å². The van der Waals surface area contributed by atoms with Gasteiger partial charge in [0.15, 0.2) is 5.75 Å². The van der Waals surface area contributed by atoms with Gasteiger partial charge in [0.2, 0.25) is 0 Å². The third-order valence-electron chi connectivity index (χ3n) is 4.82. The van der Waals surface area contributed by atoms with Crippen molar-refractivity contribution in [1.29, 1.82) is 0 Å². The number of sulfonamides is 1. The van der Waals surface area contributed by atoms with Gasteiger partial charge in [0.1, 0.15) is 16.4 Å². The maximum Gasteiger partial charge on any atom is 0.265 e. The molecule has 0 bridgehead atoms. The normalized spacial score (nSPS) is 13.0. The van der Waals surface area contributed by atoms with E-state index in [4.69, 9.17) is 9.47 Å². The van der Waals surface area contributed by atoms with Crippen molar-refractivity contribution in [2.45, 2.75) is 11.8 Å². The van der Waals surface area contributed by atoms with E-state index in [-0.39, 0.29) is 27.8 Å². The molecular formula is C22H20N2O5S. The number of anilines is 2. The second kappa shape index (κ2) is 7.38. The monoisotopic (exact) mass is 424 g/mol. The molecule has 0 unspecified atom stereocenters. The minimum absolute atomic E-state index is 0.00465. The third-order valence-corrected chi connectivity index (χ3v) is 6.24. The maximum absolute atomic E-state index is 13.0. The summed E-state index contributed by atoms with van der Waals surface area (Å²) in [6.45, 7) is 1.93. The quantitative estimate of drug-likeness (QED) is 0.679. The number of ether oxygens (including phenoxy) is 2. The van der Waals surface area contributed by atoms with Gasteiger partial charge >= 0.3 is 0 Å². The van der Waals surface area contributed by atoms with Gasteiger partial charge in [-0.3, -0.25) is 9.52 Å². The zero-order valence-electron chi connectivity index (χ0n) is 16.7. The molecule has 0 aromatic heterocycles. The van der Waals surface area contributed by atoms with E-state index in [0.29, 0.717) is 17.2 Å². The number of hydrogen-bond donors (Lipinski definition) is 1. The fourth-order valence-corrected chi connectivity index (χ4v) is 4.51. The summed E-state index contributed by atoms with van der Waals surface area (Å²) < 4.78 is 39.3. The Hall–Kier alpha value is -3.52. The smallest absolute Gasteiger partial charge is 0.265 e. The van der Waals surface area contributed by atoms with Crippen molar-refractivity contribution < 1.29 is 22.7 Å². The number of carbonyl (C=O) groups excluding carboxylic acids is 1. The number of nitrogens with one attached hydrogen (secondary N) is 1. The molecule has 0 spiro atoms. The molecule has 4 rings (SSSR count). The average Bonchev–Trinajstić information content (AvgIpc) is 2.83. The Morgan fingerprint density at radius 1 is 1.00 bits per heavy atom. The molecule has 0 saturated heterocycles. The van der Waals surface area contributed by atoms with Crippen LogP contribution >= 0.6 is 0 Å². The Morgan fingerprint density at radius 2 is 1.73 bits per heavy atom. The molecule has 30 heavy (non-hydrogen) atoms. The molecule has 0 radical (unpaired) electrons. The van der Waals surface area contributed by atoms with E-state index >= 15 is 0 Å². The van der Waals surface area contributed by atoms with Crippen LogP contribution in [0.15, 0.2) is 65.6 Å². The molecule has 0 aliphatic carbocycles. The first kappa shape index (κ1) is 19.8. The minimum atomic E-state index is -3.92. The largest absolute Gasteiger partial charge is 0.495 e. The van der Waals surface area contributed by atoms with E-state index < -0.39 is 10.0 Å². The first-order chi connectivity index (χ1) is 14.3. The fraction of sp³-hybridized carbons (Fsp3) is 0.136. The van der Waals surface area contributed by atoms with Gasteiger partial charge in [-0.2, -0.15) is 0 Å². The van der Waals surface area contributed by atoms with Crippen LogP contribution < -0.4 is 19.1 Å². The van der Waals surface area contributed by atoms with E-state index in [1.165, 1.54) is 24.1 Å². The number of aryl methyl sites for hydroxylation is 1. The van der Waals surface area contributed by atoms with Crippen molar-refractivity contribution in [2.75, 3.05) is 23.8 Å². The van der Waals surface area contributed by atoms with Crippen LogP contribution in [-0.4, -0.2) is 28.5 Å². The highest BCUT2D eigenvalue weighted by molar-refractivity contribution is 7.92. The lowest BCUT2D eigenvalue weighted by Gasteiger charge is -2.17. The molecule has 3 aromatic carbocycles. The Balaban J connectivity index is 1.72. The summed E-state index contributed by atoms with van der Waals surface area (Å²) in [5.41, 5.74) is 2.14. The van der Waals surface area contributed by atoms with Gasteiger partial charge in [-0.25, -0.2) is 8.42 Å². The summed E-state index contributed by atoms with van der Waals surface area (Å²) in [6, 6.07) is 16.5. The molecule has 0 atom stereocenters. The highest BCUT2D eigenvalue weighted by atomic mass is 32.2. The Labute approximate surface area is 174 Å². The van der Waals surface area contributed by atoms with Crippen molar-refractivity contribution in [2.24, 2.45) is 0 Å². The number of amides is 1. The van der Waals surface area contributed by atoms with Crippen molar-refractivity contribution in [3.8, 4) is 17.2 Å². The lowest BCUT2D eigenvalue weighted by Crippen LogP contribution is -2.25. The van der Waals surface area contributed by atoms with Crippen LogP contribution in [-0.2, 0) is 10.0 Å². The number of para-hydroxylation sites is 1. The molecule has 7 nitrogen and oxygen atoms in total. The van der Waals surface area contributed by atoms with Gasteiger partial charge in [-0.1, -0.05) is 18.2 Å². The molecule has 1 heterocycles. The molecule has 1 aliphatic heterocycles. The predicted molar refractivity (Wildman–Crippen MR) is 114 cm³/mol. The molecule has 8 heteroatoms. The van der Waals surface area contributed by atoms with Crippen molar-refractivity contribution in [3.63, 3.8) is 0 Å². The first-order valence-electron chi connectivity index (χ1n) is 9.16. The lowest BCUT2D eigenvalue weighted by molar-refractivity contribution is 0.0993. The number of benzene rings is 3. The SMILES string of the molecule is COc1ccccc1S(=O)(=O)Nc1ccc2c(c1)C(=O)N(C)c1cc(C)ccc1O2. The molecule has 154 valence electrons. The summed E-state index contributed by atoms with van der Waals surface area (Å²) in [5, 5.41) is 0. The zero-order valence-corrected chi connectivity index (χ0v) is 17.5. The predicted octanol–water partition coefficient (Wildman–Crippen LogP) is 4.19. The van der Waals surface area contributed by atoms with Crippen molar-refractivity contribution >= 4 is 27.3 Å². The number of nitrogens with zero attached hydrogens (tertiary/aromatic N) is 1. The third kappa shape index (κ3) is 3.46. The molecule has 0 fully saturated rings. The van der Waals surface area contributed by atoms with Crippen LogP contribution in [0.1, 0.15) is 15.9 Å². The Morgan fingerprint density at radius 3 is 2.50 bits per heavy atom. The van der Waals surface area contributed by atoms with Crippen LogP contribution in [0.3, 0.4) is 0 Å². The number of hydrogen-bond acceptors (Lipinski definition) is 5. The van der Waals surface area contributed by atoms with Crippen LogP contribution in [0, 0.1) is 6.92 Å². The molecule has 1 N–H and O–H groups in total. The lowest BCUT2D eigenvalue weighted by atomic mass is 10.1. The van der Waals surface area contributed by atoms with Gasteiger partial charge < -0.3 is 14.4 Å². The van der Waals surface area contributed by atoms with Crippen LogP contribution in [0.2, 0.25) is 0 Å². The van der Waals surface area contributed by atoms with E-state index in [2.05, 4.69) is 4.72 Å². The second-order valence-electron chi connectivity index (χ2n) is 6.90. The topological polar surface area (TPSA) is 84.9 Å². The van der Waals surface area contributed by atoms with Gasteiger partial charge in [-0.05, 0) is 55.0 Å². The highest BCUT2D eigenvalue weighted by Gasteiger charge is 2.27. The van der Waals surface area contributed by atoms with Gasteiger partial charge in [0, 0.05) is 12.7 Å². The van der Waals surface area contributed by atoms with Gasteiger partial charge in [-0.15, -0.1) is 0 Å². The Kier molecular flexibility index (Phi) is 4.87. The average molecular weight is 424 g/mol. The summed E-state index contributed by atoms with van der Waals surface area (Å²) in [5.74, 6) is 0.838. The molecular weight excluding hydrogens is 404 g/mol. The Bertz CT molecular complexity index is 1250. The summed E-state index contributed by atoms with van der Waals surface area (Å²) >= 11 is 0. The van der Waals surface area contributed by atoms with Crippen molar-refractivity contribution in [3.05, 3.63) is 71.8 Å². The number of methoxy groups -OCH3 is 1. The second-order valence-corrected chi connectivity index (χ2v) is 8.56. The van der Waals surface area contributed by atoms with E-state index in [1.54, 1.807) is 37.4 Å². The minimum Gasteiger partial charge on any atom is -0.495 e. The first-order valence-corrected chi connectivity index (χ1v) is 10.6. The van der Waals surface area contributed by atoms with Crippen LogP contribution in [0.25, 0.3) is 0 Å². The number of carbonyl (C=O) groups is 1. The van der Waals surface area contributed by atoms with E-state index in [1.807, 2.05) is 25.1 Å². The fourth-order valence-electron chi connectivity index (χ4n) is 3.28. The summed E-state index contributed by atoms with van der Waals surface area (Å²) in [4.78, 5) is 14.5. The maximum atomic E-state index is 13.0. The van der Waals surface area contributed by atoms with Crippen molar-refractivity contribution in [1.82, 2.24) is 0 Å². The van der Waals surface area contributed by atoms with Gasteiger partial charge in [0.05, 0.1) is 18.4 Å². The molecule has 1 amide bonds. The number of fused-ring (bicyclic) bond motifs is 2. The highest BCUT2D eigenvalue weighted by Crippen LogP contribution is 2.39. The summed E-state index contributed by atoms with van der Waals surface area (Å²) in [7, 11) is -0.860. The molecule has 1 aliphatic rings. The summed E-state index contributed by atoms with van der Waals surface area (Å²) in [6.07, 6.45) is 0. The molecule has 3 aromatic rings. The van der Waals surface area contributed by atoms with E-state index in [9.17, 15) is 13.2 Å². The zero-order chi connectivity index (χ0) is 21.5. The van der Waals surface area contributed by atoms with Crippen LogP contribution in [0.5, 0.6) is 17.2 Å². The standard InChI is InChI=1S/C22H20N2O5S/c1-14-8-10-19-17(12-14)24(2)22(25)16-13-15(9-11-18(16)29-19)23-30(26,27)21-7-5-4-6-20(21)28-3/h4-13,23H,1-3H3. The number of rotatable bonds is 4.